The predicted molar refractivity (Wildman–Crippen MR) is 65.1 cm³/mol. The summed E-state index contributed by atoms with van der Waals surface area (Å²) < 4.78 is 38.4. The highest BCUT2D eigenvalue weighted by Gasteiger charge is 2.14. The summed E-state index contributed by atoms with van der Waals surface area (Å²) in [5.74, 6) is -2.22. The number of sulfonamides is 1. The largest absolute Gasteiger partial charge is 0.481 e. The molecule has 0 heterocycles. The quantitative estimate of drug-likeness (QED) is 0.672. The van der Waals surface area contributed by atoms with Gasteiger partial charge < -0.3 is 10.8 Å². The second-order valence-electron chi connectivity index (χ2n) is 3.66. The number of halogens is 1. The molecule has 1 aromatic rings. The number of carbonyl (C=O) groups is 1. The summed E-state index contributed by atoms with van der Waals surface area (Å²) in [7, 11) is -3.78. The Hall–Kier alpha value is -1.83. The maximum Gasteiger partial charge on any atom is 0.303 e. The fourth-order valence-electron chi connectivity index (χ4n) is 1.25. The first-order valence-corrected chi connectivity index (χ1v) is 6.73. The van der Waals surface area contributed by atoms with Crippen LogP contribution in [0.2, 0.25) is 0 Å². The van der Waals surface area contributed by atoms with Crippen molar-refractivity contribution in [3.8, 4) is 0 Å². The minimum Gasteiger partial charge on any atom is -0.481 e. The number of nitrogens with one attached hydrogen (secondary N) is 1. The Kier molecular flexibility index (Phi) is 4.49. The Morgan fingerprint density at radius 1 is 1.44 bits per heavy atom. The van der Waals surface area contributed by atoms with E-state index < -0.39 is 27.6 Å². The van der Waals surface area contributed by atoms with Crippen LogP contribution in [0.25, 0.3) is 0 Å². The molecule has 8 heteroatoms. The highest BCUT2D eigenvalue weighted by Crippen LogP contribution is 2.19. The van der Waals surface area contributed by atoms with Crippen LogP contribution >= 0.6 is 0 Å². The number of nitrogens with two attached hydrogens (primary N) is 1. The van der Waals surface area contributed by atoms with Crippen LogP contribution in [-0.2, 0) is 14.8 Å². The first-order valence-electron chi connectivity index (χ1n) is 5.07. The molecule has 0 aliphatic carbocycles. The average molecular weight is 276 g/mol. The van der Waals surface area contributed by atoms with Gasteiger partial charge in [0.2, 0.25) is 10.0 Å². The smallest absolute Gasteiger partial charge is 0.303 e. The molecule has 0 saturated heterocycles. The molecule has 100 valence electrons. The molecule has 0 aliphatic heterocycles. The lowest BCUT2D eigenvalue weighted by atomic mass is 10.3. The van der Waals surface area contributed by atoms with Gasteiger partial charge in [0.25, 0.3) is 0 Å². The summed E-state index contributed by atoms with van der Waals surface area (Å²) in [6.45, 7) is 0. The number of benzene rings is 1. The summed E-state index contributed by atoms with van der Waals surface area (Å²) >= 11 is 0. The third-order valence-electron chi connectivity index (χ3n) is 2.06. The van der Waals surface area contributed by atoms with Crippen molar-refractivity contribution in [2.75, 3.05) is 16.2 Å². The Labute approximate surface area is 104 Å². The zero-order chi connectivity index (χ0) is 13.8. The SMILES string of the molecule is Nc1ccc(F)c(NS(=O)(=O)CCCC(=O)O)c1. The Bertz CT molecular complexity index is 545. The van der Waals surface area contributed by atoms with Crippen molar-refractivity contribution in [2.45, 2.75) is 12.8 Å². The van der Waals surface area contributed by atoms with Gasteiger partial charge in [0.1, 0.15) is 5.82 Å². The molecule has 0 spiro atoms. The van der Waals surface area contributed by atoms with Gasteiger partial charge in [-0.2, -0.15) is 0 Å². The molecule has 0 unspecified atom stereocenters. The molecule has 0 aromatic heterocycles. The zero-order valence-electron chi connectivity index (χ0n) is 9.39. The van der Waals surface area contributed by atoms with Gasteiger partial charge in [-0.3, -0.25) is 9.52 Å². The van der Waals surface area contributed by atoms with E-state index in [4.69, 9.17) is 10.8 Å². The molecule has 0 amide bonds. The van der Waals surface area contributed by atoms with E-state index in [1.54, 1.807) is 0 Å². The molecular weight excluding hydrogens is 263 g/mol. The van der Waals surface area contributed by atoms with Crippen LogP contribution in [0.1, 0.15) is 12.8 Å². The fraction of sp³-hybridized carbons (Fsp3) is 0.300. The van der Waals surface area contributed by atoms with Crippen LogP contribution in [0.4, 0.5) is 15.8 Å². The standard InChI is InChI=1S/C10H13FN2O4S/c11-8-4-3-7(12)6-9(8)13-18(16,17)5-1-2-10(14)15/h3-4,6,13H,1-2,5,12H2,(H,14,15). The summed E-state index contributed by atoms with van der Waals surface area (Å²) in [5.41, 5.74) is 5.38. The second-order valence-corrected chi connectivity index (χ2v) is 5.50. The summed E-state index contributed by atoms with van der Waals surface area (Å²) in [6, 6.07) is 3.51. The molecule has 0 atom stereocenters. The summed E-state index contributed by atoms with van der Waals surface area (Å²) in [6.07, 6.45) is -0.311. The monoisotopic (exact) mass is 276 g/mol. The first kappa shape index (κ1) is 14.2. The van der Waals surface area contributed by atoms with Crippen LogP contribution in [-0.4, -0.2) is 25.2 Å². The van der Waals surface area contributed by atoms with Crippen LogP contribution in [0.3, 0.4) is 0 Å². The van der Waals surface area contributed by atoms with Crippen LogP contribution < -0.4 is 10.5 Å². The highest BCUT2D eigenvalue weighted by molar-refractivity contribution is 7.92. The van der Waals surface area contributed by atoms with E-state index in [1.807, 2.05) is 4.72 Å². The zero-order valence-corrected chi connectivity index (χ0v) is 10.2. The lowest BCUT2D eigenvalue weighted by Crippen LogP contribution is -2.18. The van der Waals surface area contributed by atoms with Crippen molar-refractivity contribution in [1.82, 2.24) is 0 Å². The average Bonchev–Trinajstić information content (AvgIpc) is 2.22. The third kappa shape index (κ3) is 4.58. The Morgan fingerprint density at radius 3 is 2.72 bits per heavy atom. The van der Waals surface area contributed by atoms with Gasteiger partial charge in [0.05, 0.1) is 11.4 Å². The van der Waals surface area contributed by atoms with E-state index in [9.17, 15) is 17.6 Å². The number of nitrogen functional groups attached to an aromatic ring is 1. The predicted octanol–water partition coefficient (Wildman–Crippen LogP) is 1.01. The number of aliphatic carboxylic acids is 1. The summed E-state index contributed by atoms with van der Waals surface area (Å²) in [4.78, 5) is 10.3. The van der Waals surface area contributed by atoms with Gasteiger partial charge in [0, 0.05) is 12.1 Å². The van der Waals surface area contributed by atoms with E-state index in [-0.39, 0.29) is 24.2 Å². The van der Waals surface area contributed by atoms with Gasteiger partial charge in [0.15, 0.2) is 0 Å². The topological polar surface area (TPSA) is 109 Å². The first-order chi connectivity index (χ1) is 8.30. The molecule has 0 radical (unpaired) electrons. The molecule has 6 nitrogen and oxygen atoms in total. The van der Waals surface area contributed by atoms with Gasteiger partial charge in [-0.05, 0) is 24.6 Å². The molecular formula is C10H13FN2O4S. The third-order valence-corrected chi connectivity index (χ3v) is 3.42. The van der Waals surface area contributed by atoms with Crippen LogP contribution in [0.5, 0.6) is 0 Å². The van der Waals surface area contributed by atoms with Crippen molar-refractivity contribution in [3.05, 3.63) is 24.0 Å². The number of hydrogen-bond acceptors (Lipinski definition) is 4. The molecule has 18 heavy (non-hydrogen) atoms. The van der Waals surface area contributed by atoms with Crippen LogP contribution in [0.15, 0.2) is 18.2 Å². The van der Waals surface area contributed by atoms with Gasteiger partial charge >= 0.3 is 5.97 Å². The number of anilines is 2. The van der Waals surface area contributed by atoms with E-state index in [0.717, 1.165) is 12.1 Å². The number of rotatable bonds is 6. The molecule has 0 saturated carbocycles. The Balaban J connectivity index is 2.70. The van der Waals surface area contributed by atoms with E-state index in [0.29, 0.717) is 0 Å². The van der Waals surface area contributed by atoms with Crippen molar-refractivity contribution in [3.63, 3.8) is 0 Å². The molecule has 0 aliphatic rings. The van der Waals surface area contributed by atoms with Gasteiger partial charge in [-0.1, -0.05) is 0 Å². The van der Waals surface area contributed by atoms with Crippen molar-refractivity contribution in [1.29, 1.82) is 0 Å². The summed E-state index contributed by atoms with van der Waals surface area (Å²) in [5, 5.41) is 8.39. The highest BCUT2D eigenvalue weighted by atomic mass is 32.2. The number of hydrogen-bond donors (Lipinski definition) is 3. The van der Waals surface area contributed by atoms with E-state index in [1.165, 1.54) is 6.07 Å². The normalized spacial score (nSPS) is 11.2. The minimum absolute atomic E-state index is 0.0470. The molecule has 0 bridgehead atoms. The lowest BCUT2D eigenvalue weighted by Gasteiger charge is -2.08. The van der Waals surface area contributed by atoms with E-state index in [2.05, 4.69) is 0 Å². The Morgan fingerprint density at radius 2 is 2.11 bits per heavy atom. The minimum atomic E-state index is -3.78. The van der Waals surface area contributed by atoms with Crippen LogP contribution in [0, 0.1) is 5.82 Å². The maximum absolute atomic E-state index is 13.3. The van der Waals surface area contributed by atoms with E-state index >= 15 is 0 Å². The van der Waals surface area contributed by atoms with Gasteiger partial charge in [-0.25, -0.2) is 12.8 Å². The number of carboxylic acid groups (broad SMARTS) is 1. The molecule has 1 rings (SSSR count). The number of carboxylic acids is 1. The maximum atomic E-state index is 13.3. The van der Waals surface area contributed by atoms with Crippen molar-refractivity contribution >= 4 is 27.4 Å². The van der Waals surface area contributed by atoms with Crippen molar-refractivity contribution in [2.24, 2.45) is 0 Å². The lowest BCUT2D eigenvalue weighted by molar-refractivity contribution is -0.137. The molecule has 1 aromatic carbocycles. The second kappa shape index (κ2) is 5.67. The van der Waals surface area contributed by atoms with Gasteiger partial charge in [-0.15, -0.1) is 0 Å². The fourth-order valence-corrected chi connectivity index (χ4v) is 2.37. The van der Waals surface area contributed by atoms with Crippen molar-refractivity contribution < 1.29 is 22.7 Å². The molecule has 4 N–H and O–H groups in total. The molecule has 0 fully saturated rings.